The number of aryl methyl sites for hydroxylation is 1. The Kier molecular flexibility index (Phi) is 6.90. The minimum absolute atomic E-state index is 0.0118. The molecule has 8 nitrogen and oxygen atoms in total. The summed E-state index contributed by atoms with van der Waals surface area (Å²) in [5, 5.41) is 6.17. The molecule has 0 aliphatic heterocycles. The summed E-state index contributed by atoms with van der Waals surface area (Å²) in [7, 11) is 0. The molecule has 0 aliphatic carbocycles. The van der Waals surface area contributed by atoms with Crippen LogP contribution in [0.15, 0.2) is 77.7 Å². The number of anilines is 2. The van der Waals surface area contributed by atoms with Crippen molar-refractivity contribution in [1.82, 2.24) is 14.5 Å². The standard InChI is InChI=1S/C27H25N5O3S/c1-2-3-13-32-21-10-9-19(29-15-22(33)18-7-5-4-6-8-18)14-20(21)30-27(32)31-26(34)25-12-11-24(36-25)23-16-28-17-35-23/h4-12,14,16-17,29H,2-3,13,15H2,1H3,(H,30,31,34). The summed E-state index contributed by atoms with van der Waals surface area (Å²) in [6, 6.07) is 18.6. The van der Waals surface area contributed by atoms with E-state index in [0.717, 1.165) is 41.0 Å². The van der Waals surface area contributed by atoms with Gasteiger partial charge in [0.25, 0.3) is 5.91 Å². The summed E-state index contributed by atoms with van der Waals surface area (Å²) in [5.74, 6) is 0.902. The zero-order chi connectivity index (χ0) is 24.9. The van der Waals surface area contributed by atoms with Crippen molar-refractivity contribution in [3.05, 3.63) is 83.7 Å². The fraction of sp³-hybridized carbons (Fsp3) is 0.185. The van der Waals surface area contributed by atoms with Crippen molar-refractivity contribution in [2.75, 3.05) is 17.2 Å². The molecule has 0 aliphatic rings. The van der Waals surface area contributed by atoms with Crippen molar-refractivity contribution in [2.45, 2.75) is 26.3 Å². The minimum atomic E-state index is -0.231. The molecule has 0 radical (unpaired) electrons. The predicted octanol–water partition coefficient (Wildman–Crippen LogP) is 6.10. The molecule has 5 aromatic rings. The summed E-state index contributed by atoms with van der Waals surface area (Å²) in [6.07, 6.45) is 4.95. The SMILES string of the molecule is CCCCn1c(NC(=O)c2ccc(-c3cnco3)s2)nc2cc(NCC(=O)c3ccccc3)ccc21. The number of Topliss-reactive ketones (excluding diaryl/α,β-unsaturated/α-hetero) is 1. The molecule has 1 amide bonds. The third-order valence-corrected chi connectivity index (χ3v) is 6.86. The molecule has 2 aromatic carbocycles. The number of benzene rings is 2. The van der Waals surface area contributed by atoms with Crippen molar-refractivity contribution in [3.8, 4) is 10.6 Å². The minimum Gasteiger partial charge on any atom is -0.443 e. The Morgan fingerprint density at radius 1 is 1.08 bits per heavy atom. The Balaban J connectivity index is 1.35. The van der Waals surface area contributed by atoms with E-state index in [4.69, 9.17) is 9.40 Å². The van der Waals surface area contributed by atoms with E-state index in [9.17, 15) is 9.59 Å². The third-order valence-electron chi connectivity index (χ3n) is 5.76. The lowest BCUT2D eigenvalue weighted by Gasteiger charge is -2.09. The quantitative estimate of drug-likeness (QED) is 0.225. The number of unbranched alkanes of at least 4 members (excludes halogenated alkanes) is 1. The molecule has 9 heteroatoms. The Morgan fingerprint density at radius 2 is 1.94 bits per heavy atom. The highest BCUT2D eigenvalue weighted by Crippen LogP contribution is 2.29. The first-order valence-electron chi connectivity index (χ1n) is 11.7. The second-order valence-corrected chi connectivity index (χ2v) is 9.35. The first-order valence-corrected chi connectivity index (χ1v) is 12.6. The van der Waals surface area contributed by atoms with Gasteiger partial charge in [-0.15, -0.1) is 11.3 Å². The molecule has 0 saturated heterocycles. The van der Waals surface area contributed by atoms with Gasteiger partial charge in [0.05, 0.1) is 33.5 Å². The van der Waals surface area contributed by atoms with Gasteiger partial charge in [0.1, 0.15) is 0 Å². The van der Waals surface area contributed by atoms with Gasteiger partial charge < -0.3 is 14.3 Å². The van der Waals surface area contributed by atoms with E-state index in [1.54, 1.807) is 24.4 Å². The molecule has 0 fully saturated rings. The van der Waals surface area contributed by atoms with Gasteiger partial charge in [0, 0.05) is 17.8 Å². The van der Waals surface area contributed by atoms with Crippen LogP contribution in [0, 0.1) is 0 Å². The summed E-state index contributed by atoms with van der Waals surface area (Å²) < 4.78 is 7.36. The number of amides is 1. The molecular weight excluding hydrogens is 474 g/mol. The summed E-state index contributed by atoms with van der Waals surface area (Å²) in [4.78, 5) is 35.5. The molecule has 182 valence electrons. The van der Waals surface area contributed by atoms with Gasteiger partial charge in [-0.2, -0.15) is 0 Å². The number of carbonyl (C=O) groups excluding carboxylic acids is 2. The van der Waals surface area contributed by atoms with E-state index >= 15 is 0 Å². The number of imidazole rings is 1. The Labute approximate surface area is 212 Å². The number of rotatable bonds is 10. The Bertz CT molecular complexity index is 1490. The highest BCUT2D eigenvalue weighted by Gasteiger charge is 2.17. The Hall–Kier alpha value is -4.24. The van der Waals surface area contributed by atoms with Crippen molar-refractivity contribution in [3.63, 3.8) is 0 Å². The third kappa shape index (κ3) is 5.06. The molecule has 3 aromatic heterocycles. The van der Waals surface area contributed by atoms with Crippen LogP contribution in [0.2, 0.25) is 0 Å². The predicted molar refractivity (Wildman–Crippen MR) is 142 cm³/mol. The number of thiophene rings is 1. The lowest BCUT2D eigenvalue weighted by Crippen LogP contribution is -2.15. The van der Waals surface area contributed by atoms with E-state index < -0.39 is 0 Å². The highest BCUT2D eigenvalue weighted by atomic mass is 32.1. The number of fused-ring (bicyclic) bond motifs is 1. The van der Waals surface area contributed by atoms with E-state index in [1.807, 2.05) is 47.0 Å². The monoisotopic (exact) mass is 499 g/mol. The first kappa shape index (κ1) is 23.5. The maximum Gasteiger partial charge on any atom is 0.268 e. The van der Waals surface area contributed by atoms with Crippen LogP contribution < -0.4 is 10.6 Å². The zero-order valence-corrected chi connectivity index (χ0v) is 20.5. The number of hydrogen-bond donors (Lipinski definition) is 2. The van der Waals surface area contributed by atoms with Gasteiger partial charge >= 0.3 is 0 Å². The molecule has 0 bridgehead atoms. The molecule has 2 N–H and O–H groups in total. The highest BCUT2D eigenvalue weighted by molar-refractivity contribution is 7.17. The van der Waals surface area contributed by atoms with Gasteiger partial charge in [-0.3, -0.25) is 14.9 Å². The molecular formula is C27H25N5O3S. The van der Waals surface area contributed by atoms with Gasteiger partial charge in [-0.05, 0) is 36.8 Å². The molecule has 36 heavy (non-hydrogen) atoms. The van der Waals surface area contributed by atoms with Crippen LogP contribution in [0.25, 0.3) is 21.7 Å². The van der Waals surface area contributed by atoms with E-state index in [-0.39, 0.29) is 18.2 Å². The van der Waals surface area contributed by atoms with Crippen LogP contribution in [0.1, 0.15) is 39.8 Å². The van der Waals surface area contributed by atoms with Crippen LogP contribution in [-0.4, -0.2) is 32.8 Å². The van der Waals surface area contributed by atoms with Crippen LogP contribution in [0.4, 0.5) is 11.6 Å². The number of nitrogens with one attached hydrogen (secondary N) is 2. The van der Waals surface area contributed by atoms with E-state index in [2.05, 4.69) is 22.5 Å². The lowest BCUT2D eigenvalue weighted by molar-refractivity contribution is 0.100. The topological polar surface area (TPSA) is 102 Å². The fourth-order valence-electron chi connectivity index (χ4n) is 3.88. The number of hydrogen-bond acceptors (Lipinski definition) is 7. The molecule has 3 heterocycles. The van der Waals surface area contributed by atoms with Crippen molar-refractivity contribution < 1.29 is 14.0 Å². The fourth-order valence-corrected chi connectivity index (χ4v) is 4.73. The van der Waals surface area contributed by atoms with Crippen LogP contribution in [0.5, 0.6) is 0 Å². The molecule has 5 rings (SSSR count). The summed E-state index contributed by atoms with van der Waals surface area (Å²) in [5.41, 5.74) is 3.12. The second kappa shape index (κ2) is 10.6. The number of carbonyl (C=O) groups is 2. The first-order chi connectivity index (χ1) is 17.6. The normalized spacial score (nSPS) is 11.0. The number of nitrogens with zero attached hydrogens (tertiary/aromatic N) is 3. The number of oxazole rings is 1. The van der Waals surface area contributed by atoms with Gasteiger partial charge in [0.15, 0.2) is 17.9 Å². The summed E-state index contributed by atoms with van der Waals surface area (Å²) in [6.45, 7) is 3.04. The Morgan fingerprint density at radius 3 is 2.72 bits per heavy atom. The van der Waals surface area contributed by atoms with Crippen LogP contribution in [-0.2, 0) is 6.54 Å². The van der Waals surface area contributed by atoms with E-state index in [0.29, 0.717) is 22.1 Å². The average molecular weight is 500 g/mol. The second-order valence-electron chi connectivity index (χ2n) is 8.27. The smallest absolute Gasteiger partial charge is 0.268 e. The van der Waals surface area contributed by atoms with Crippen molar-refractivity contribution >= 4 is 45.7 Å². The largest absolute Gasteiger partial charge is 0.443 e. The van der Waals surface area contributed by atoms with Gasteiger partial charge in [-0.25, -0.2) is 9.97 Å². The van der Waals surface area contributed by atoms with E-state index in [1.165, 1.54) is 17.7 Å². The molecule has 0 atom stereocenters. The van der Waals surface area contributed by atoms with Crippen molar-refractivity contribution in [1.29, 1.82) is 0 Å². The van der Waals surface area contributed by atoms with Gasteiger partial charge in [0.2, 0.25) is 5.95 Å². The number of ketones is 1. The number of aromatic nitrogens is 3. The zero-order valence-electron chi connectivity index (χ0n) is 19.7. The van der Waals surface area contributed by atoms with Crippen LogP contribution in [0.3, 0.4) is 0 Å². The molecule has 0 unspecified atom stereocenters. The van der Waals surface area contributed by atoms with Crippen molar-refractivity contribution in [2.24, 2.45) is 0 Å². The average Bonchev–Trinajstić information content (AvgIpc) is 3.66. The van der Waals surface area contributed by atoms with Crippen LogP contribution >= 0.6 is 11.3 Å². The van der Waals surface area contributed by atoms with Gasteiger partial charge in [-0.1, -0.05) is 43.7 Å². The molecule has 0 spiro atoms. The maximum absolute atomic E-state index is 13.0. The maximum atomic E-state index is 13.0. The molecule has 0 saturated carbocycles. The summed E-state index contributed by atoms with van der Waals surface area (Å²) >= 11 is 1.33. The lowest BCUT2D eigenvalue weighted by atomic mass is 10.1.